The summed E-state index contributed by atoms with van der Waals surface area (Å²) < 4.78 is 4.91. The van der Waals surface area contributed by atoms with Crippen LogP contribution >= 0.6 is 0 Å². The summed E-state index contributed by atoms with van der Waals surface area (Å²) in [5.41, 5.74) is -1.32. The first-order chi connectivity index (χ1) is 7.31. The van der Waals surface area contributed by atoms with Gasteiger partial charge in [-0.1, -0.05) is 5.57 Å². The van der Waals surface area contributed by atoms with Gasteiger partial charge in [0.1, 0.15) is 11.4 Å². The smallest absolute Gasteiger partial charge is 0.163 e. The van der Waals surface area contributed by atoms with Gasteiger partial charge in [0.05, 0.1) is 18.7 Å². The molecule has 1 N–H and O–H groups in total. The van der Waals surface area contributed by atoms with Crippen LogP contribution in [0.15, 0.2) is 23.0 Å². The van der Waals surface area contributed by atoms with Crippen molar-refractivity contribution in [2.75, 3.05) is 7.11 Å². The molecule has 0 radical (unpaired) electrons. The zero-order chi connectivity index (χ0) is 12.5. The van der Waals surface area contributed by atoms with E-state index in [1.54, 1.807) is 6.92 Å². The Morgan fingerprint density at radius 2 is 2.12 bits per heavy atom. The van der Waals surface area contributed by atoms with Gasteiger partial charge in [-0.05, 0) is 19.9 Å². The standard InChI is InChI=1S/C11H14O5/c1-6-4-11(15,10(13)14)5-8(16-3)9(6)7(2)12/h5,15H,4H2,1-3H3,(H,13,14)/p-1/t11-/m0/s1. The van der Waals surface area contributed by atoms with Crippen LogP contribution in [0.25, 0.3) is 0 Å². The molecule has 0 aromatic heterocycles. The lowest BCUT2D eigenvalue weighted by Gasteiger charge is -2.31. The molecule has 88 valence electrons. The summed E-state index contributed by atoms with van der Waals surface area (Å²) in [6, 6.07) is 0. The number of carbonyl (C=O) groups excluding carboxylic acids is 2. The predicted molar refractivity (Wildman–Crippen MR) is 53.0 cm³/mol. The van der Waals surface area contributed by atoms with Crippen molar-refractivity contribution in [1.82, 2.24) is 0 Å². The normalized spacial score (nSPS) is 25.1. The van der Waals surface area contributed by atoms with E-state index in [1.165, 1.54) is 14.0 Å². The van der Waals surface area contributed by atoms with Crippen LogP contribution in [0.2, 0.25) is 0 Å². The number of ether oxygens (including phenoxy) is 1. The number of allylic oxidation sites excluding steroid dienone is 1. The Balaban J connectivity index is 3.27. The van der Waals surface area contributed by atoms with Crippen molar-refractivity contribution in [3.63, 3.8) is 0 Å². The molecule has 0 bridgehead atoms. The van der Waals surface area contributed by atoms with Gasteiger partial charge < -0.3 is 19.7 Å². The monoisotopic (exact) mass is 225 g/mol. The number of rotatable bonds is 3. The number of hydrogen-bond donors (Lipinski definition) is 1. The molecule has 1 atom stereocenters. The minimum Gasteiger partial charge on any atom is -0.547 e. The molecule has 1 aliphatic carbocycles. The summed E-state index contributed by atoms with van der Waals surface area (Å²) in [5.74, 6) is -1.77. The summed E-state index contributed by atoms with van der Waals surface area (Å²) in [6.45, 7) is 2.94. The third kappa shape index (κ3) is 1.99. The second-order valence-corrected chi connectivity index (χ2v) is 3.81. The molecule has 5 heteroatoms. The maximum atomic E-state index is 11.3. The fourth-order valence-electron chi connectivity index (χ4n) is 1.81. The summed E-state index contributed by atoms with van der Waals surface area (Å²) in [4.78, 5) is 22.1. The molecule has 0 spiro atoms. The number of carboxylic acid groups (broad SMARTS) is 1. The van der Waals surface area contributed by atoms with Crippen LogP contribution in [0.3, 0.4) is 0 Å². The van der Waals surface area contributed by atoms with Crippen LogP contribution in [0, 0.1) is 0 Å². The van der Waals surface area contributed by atoms with Crippen molar-refractivity contribution in [2.24, 2.45) is 0 Å². The van der Waals surface area contributed by atoms with Gasteiger partial charge in [0.15, 0.2) is 5.78 Å². The quantitative estimate of drug-likeness (QED) is 0.686. The Hall–Kier alpha value is -1.62. The number of Topliss-reactive ketones (excluding diaryl/α,β-unsaturated/α-hetero) is 1. The lowest BCUT2D eigenvalue weighted by Crippen LogP contribution is -2.48. The van der Waals surface area contributed by atoms with Crippen molar-refractivity contribution in [3.05, 3.63) is 23.0 Å². The average Bonchev–Trinajstić information content (AvgIpc) is 2.15. The molecule has 0 saturated carbocycles. The lowest BCUT2D eigenvalue weighted by molar-refractivity contribution is -0.321. The second kappa shape index (κ2) is 4.09. The first kappa shape index (κ1) is 12.4. The SMILES string of the molecule is COC1=C[C@](O)(C(=O)[O-])CC(C)=C1C(C)=O. The minimum atomic E-state index is -2.10. The average molecular weight is 225 g/mol. The van der Waals surface area contributed by atoms with Crippen LogP contribution in [-0.4, -0.2) is 29.6 Å². The van der Waals surface area contributed by atoms with E-state index in [1.807, 2.05) is 0 Å². The number of aliphatic hydroxyl groups is 1. The highest BCUT2D eigenvalue weighted by Gasteiger charge is 2.34. The van der Waals surface area contributed by atoms with E-state index < -0.39 is 11.6 Å². The highest BCUT2D eigenvalue weighted by atomic mass is 16.5. The number of carboxylic acids is 1. The molecule has 0 aliphatic heterocycles. The van der Waals surface area contributed by atoms with Gasteiger partial charge in [-0.15, -0.1) is 0 Å². The maximum Gasteiger partial charge on any atom is 0.163 e. The van der Waals surface area contributed by atoms with Gasteiger partial charge >= 0.3 is 0 Å². The second-order valence-electron chi connectivity index (χ2n) is 3.81. The summed E-state index contributed by atoms with van der Waals surface area (Å²) >= 11 is 0. The lowest BCUT2D eigenvalue weighted by atomic mass is 9.84. The molecule has 0 fully saturated rings. The number of methoxy groups -OCH3 is 1. The molecule has 16 heavy (non-hydrogen) atoms. The largest absolute Gasteiger partial charge is 0.547 e. The molecule has 1 aliphatic rings. The van der Waals surface area contributed by atoms with Gasteiger partial charge in [0.25, 0.3) is 0 Å². The van der Waals surface area contributed by atoms with Gasteiger partial charge in [0, 0.05) is 6.42 Å². The van der Waals surface area contributed by atoms with Crippen LogP contribution in [0.5, 0.6) is 0 Å². The molecular formula is C11H13O5-. The van der Waals surface area contributed by atoms with E-state index in [-0.39, 0.29) is 18.0 Å². The highest BCUT2D eigenvalue weighted by molar-refractivity contribution is 5.99. The van der Waals surface area contributed by atoms with E-state index in [4.69, 9.17) is 4.74 Å². The van der Waals surface area contributed by atoms with Crippen molar-refractivity contribution in [2.45, 2.75) is 25.9 Å². The third-order valence-electron chi connectivity index (χ3n) is 2.50. The van der Waals surface area contributed by atoms with Gasteiger partial charge in [-0.25, -0.2) is 0 Å². The Morgan fingerprint density at radius 1 is 1.56 bits per heavy atom. The zero-order valence-corrected chi connectivity index (χ0v) is 9.36. The van der Waals surface area contributed by atoms with E-state index >= 15 is 0 Å². The Morgan fingerprint density at radius 3 is 2.50 bits per heavy atom. The Labute approximate surface area is 93.0 Å². The topological polar surface area (TPSA) is 86.7 Å². The molecule has 0 amide bonds. The highest BCUT2D eigenvalue weighted by Crippen LogP contribution is 2.32. The third-order valence-corrected chi connectivity index (χ3v) is 2.50. The first-order valence-corrected chi connectivity index (χ1v) is 4.73. The van der Waals surface area contributed by atoms with Crippen molar-refractivity contribution in [1.29, 1.82) is 0 Å². The number of ketones is 1. The van der Waals surface area contributed by atoms with Crippen LogP contribution in [0.1, 0.15) is 20.3 Å². The fourth-order valence-corrected chi connectivity index (χ4v) is 1.81. The van der Waals surface area contributed by atoms with Crippen LogP contribution in [0.4, 0.5) is 0 Å². The van der Waals surface area contributed by atoms with Gasteiger partial charge in [0.2, 0.25) is 0 Å². The van der Waals surface area contributed by atoms with Crippen LogP contribution < -0.4 is 5.11 Å². The predicted octanol–water partition coefficient (Wildman–Crippen LogP) is -0.693. The van der Waals surface area contributed by atoms with E-state index in [9.17, 15) is 19.8 Å². The van der Waals surface area contributed by atoms with Crippen molar-refractivity contribution in [3.8, 4) is 0 Å². The van der Waals surface area contributed by atoms with Crippen LogP contribution in [-0.2, 0) is 14.3 Å². The van der Waals surface area contributed by atoms with E-state index in [2.05, 4.69) is 0 Å². The summed E-state index contributed by atoms with van der Waals surface area (Å²) in [7, 11) is 1.31. The fraction of sp³-hybridized carbons (Fsp3) is 0.455. The summed E-state index contributed by atoms with van der Waals surface area (Å²) in [5, 5.41) is 20.5. The molecule has 0 unspecified atom stereocenters. The van der Waals surface area contributed by atoms with Gasteiger partial charge in [-0.2, -0.15) is 0 Å². The van der Waals surface area contributed by atoms with Crippen molar-refractivity contribution < 1.29 is 24.5 Å². The number of hydrogen-bond acceptors (Lipinski definition) is 5. The summed E-state index contributed by atoms with van der Waals surface area (Å²) in [6.07, 6.45) is 0.836. The molecule has 0 heterocycles. The Bertz CT molecular complexity index is 405. The number of aliphatic carboxylic acids is 1. The van der Waals surface area contributed by atoms with E-state index in [0.717, 1.165) is 6.08 Å². The molecular weight excluding hydrogens is 212 g/mol. The molecule has 0 saturated heterocycles. The minimum absolute atomic E-state index is 0.0722. The first-order valence-electron chi connectivity index (χ1n) is 4.73. The van der Waals surface area contributed by atoms with E-state index in [0.29, 0.717) is 11.1 Å². The Kier molecular flexibility index (Phi) is 3.19. The molecule has 1 rings (SSSR count). The molecule has 0 aromatic rings. The van der Waals surface area contributed by atoms with Crippen molar-refractivity contribution >= 4 is 11.8 Å². The molecule has 5 nitrogen and oxygen atoms in total. The number of carbonyl (C=O) groups is 2. The zero-order valence-electron chi connectivity index (χ0n) is 9.36. The van der Waals surface area contributed by atoms with Gasteiger partial charge in [-0.3, -0.25) is 4.79 Å². The molecule has 0 aromatic carbocycles. The maximum absolute atomic E-state index is 11.3.